The van der Waals surface area contributed by atoms with Crippen LogP contribution >= 0.6 is 0 Å². The van der Waals surface area contributed by atoms with Crippen LogP contribution in [0.25, 0.3) is 11.5 Å². The molecule has 0 fully saturated rings. The van der Waals surface area contributed by atoms with Crippen molar-refractivity contribution in [1.29, 1.82) is 0 Å². The summed E-state index contributed by atoms with van der Waals surface area (Å²) >= 11 is 0. The SMILES string of the molecule is C=CCNC(=NCCc1coc(-c2ccc(F)cc2)n1)NCC. The van der Waals surface area contributed by atoms with Gasteiger partial charge < -0.3 is 15.1 Å². The molecule has 2 rings (SSSR count). The van der Waals surface area contributed by atoms with Crippen molar-refractivity contribution in [3.8, 4) is 11.5 Å². The van der Waals surface area contributed by atoms with Crippen LogP contribution in [-0.4, -0.2) is 30.6 Å². The molecule has 1 heterocycles. The van der Waals surface area contributed by atoms with E-state index in [1.165, 1.54) is 12.1 Å². The van der Waals surface area contributed by atoms with Gasteiger partial charge in [0.05, 0.1) is 5.69 Å². The Balaban J connectivity index is 1.93. The summed E-state index contributed by atoms with van der Waals surface area (Å²) in [5.41, 5.74) is 1.56. The summed E-state index contributed by atoms with van der Waals surface area (Å²) in [5, 5.41) is 6.29. The fourth-order valence-corrected chi connectivity index (χ4v) is 1.94. The van der Waals surface area contributed by atoms with Crippen molar-refractivity contribution < 1.29 is 8.81 Å². The second kappa shape index (κ2) is 8.73. The number of hydrogen-bond donors (Lipinski definition) is 2. The van der Waals surface area contributed by atoms with Gasteiger partial charge in [0.25, 0.3) is 0 Å². The van der Waals surface area contributed by atoms with Crippen molar-refractivity contribution in [2.75, 3.05) is 19.6 Å². The maximum absolute atomic E-state index is 12.9. The van der Waals surface area contributed by atoms with Crippen molar-refractivity contribution in [3.63, 3.8) is 0 Å². The minimum atomic E-state index is -0.280. The number of hydrogen-bond acceptors (Lipinski definition) is 3. The second-order valence-corrected chi connectivity index (χ2v) is 4.83. The van der Waals surface area contributed by atoms with Gasteiger partial charge in [-0.05, 0) is 31.2 Å². The van der Waals surface area contributed by atoms with Gasteiger partial charge in [-0.25, -0.2) is 9.37 Å². The lowest BCUT2D eigenvalue weighted by molar-refractivity contribution is 0.572. The summed E-state index contributed by atoms with van der Waals surface area (Å²) in [4.78, 5) is 8.86. The van der Waals surface area contributed by atoms with Gasteiger partial charge in [0.2, 0.25) is 5.89 Å². The van der Waals surface area contributed by atoms with Gasteiger partial charge in [-0.3, -0.25) is 4.99 Å². The van der Waals surface area contributed by atoms with Crippen molar-refractivity contribution in [3.05, 3.63) is 54.7 Å². The van der Waals surface area contributed by atoms with E-state index >= 15 is 0 Å². The zero-order valence-corrected chi connectivity index (χ0v) is 13.2. The van der Waals surface area contributed by atoms with Crippen LogP contribution < -0.4 is 10.6 Å². The number of benzene rings is 1. The minimum Gasteiger partial charge on any atom is -0.444 e. The van der Waals surface area contributed by atoms with E-state index in [0.717, 1.165) is 23.8 Å². The van der Waals surface area contributed by atoms with Gasteiger partial charge in [-0.2, -0.15) is 0 Å². The quantitative estimate of drug-likeness (QED) is 0.468. The van der Waals surface area contributed by atoms with E-state index in [2.05, 4.69) is 27.2 Å². The number of aliphatic imine (C=N–C) groups is 1. The molecule has 122 valence electrons. The molecule has 0 aliphatic carbocycles. The molecule has 1 aromatic carbocycles. The van der Waals surface area contributed by atoms with Crippen LogP contribution in [0.5, 0.6) is 0 Å². The number of aromatic nitrogens is 1. The lowest BCUT2D eigenvalue weighted by Gasteiger charge is -2.08. The fourth-order valence-electron chi connectivity index (χ4n) is 1.94. The molecule has 23 heavy (non-hydrogen) atoms. The lowest BCUT2D eigenvalue weighted by Crippen LogP contribution is -2.37. The average molecular weight is 316 g/mol. The zero-order valence-electron chi connectivity index (χ0n) is 13.2. The third-order valence-corrected chi connectivity index (χ3v) is 3.04. The molecule has 0 atom stereocenters. The highest BCUT2D eigenvalue weighted by molar-refractivity contribution is 5.79. The predicted molar refractivity (Wildman–Crippen MR) is 89.8 cm³/mol. The highest BCUT2D eigenvalue weighted by Gasteiger charge is 2.06. The Morgan fingerprint density at radius 1 is 1.35 bits per heavy atom. The van der Waals surface area contributed by atoms with E-state index in [9.17, 15) is 4.39 Å². The van der Waals surface area contributed by atoms with Crippen LogP contribution in [0.15, 0.2) is 52.6 Å². The van der Waals surface area contributed by atoms with Crippen LogP contribution in [0.1, 0.15) is 12.6 Å². The Hall–Kier alpha value is -2.63. The lowest BCUT2D eigenvalue weighted by atomic mass is 10.2. The van der Waals surface area contributed by atoms with E-state index in [4.69, 9.17) is 4.42 Å². The molecule has 6 heteroatoms. The van der Waals surface area contributed by atoms with Gasteiger partial charge in [0, 0.05) is 31.6 Å². The number of halogens is 1. The smallest absolute Gasteiger partial charge is 0.226 e. The van der Waals surface area contributed by atoms with Crippen LogP contribution in [0, 0.1) is 5.82 Å². The molecule has 1 aromatic heterocycles. The first kappa shape index (κ1) is 16.7. The summed E-state index contributed by atoms with van der Waals surface area (Å²) in [5.74, 6) is 0.952. The molecule has 5 nitrogen and oxygen atoms in total. The van der Waals surface area contributed by atoms with Crippen LogP contribution in [-0.2, 0) is 6.42 Å². The van der Waals surface area contributed by atoms with E-state index in [1.54, 1.807) is 24.5 Å². The molecule has 0 saturated carbocycles. The van der Waals surface area contributed by atoms with E-state index in [1.807, 2.05) is 6.92 Å². The van der Waals surface area contributed by atoms with E-state index in [0.29, 0.717) is 25.4 Å². The van der Waals surface area contributed by atoms with E-state index < -0.39 is 0 Å². The maximum Gasteiger partial charge on any atom is 0.226 e. The van der Waals surface area contributed by atoms with E-state index in [-0.39, 0.29) is 5.82 Å². The molecule has 0 saturated heterocycles. The van der Waals surface area contributed by atoms with Crippen LogP contribution in [0.2, 0.25) is 0 Å². The number of oxazole rings is 1. The zero-order chi connectivity index (χ0) is 16.5. The van der Waals surface area contributed by atoms with Crippen molar-refractivity contribution in [2.24, 2.45) is 4.99 Å². The molecule has 0 aliphatic rings. The molecule has 0 spiro atoms. The number of nitrogens with one attached hydrogen (secondary N) is 2. The molecule has 0 aliphatic heterocycles. The first-order chi connectivity index (χ1) is 11.2. The predicted octanol–water partition coefficient (Wildman–Crippen LogP) is 2.76. The largest absolute Gasteiger partial charge is 0.444 e. The van der Waals surface area contributed by atoms with Gasteiger partial charge in [-0.15, -0.1) is 6.58 Å². The number of nitrogens with zero attached hydrogens (tertiary/aromatic N) is 2. The topological polar surface area (TPSA) is 62.5 Å². The van der Waals surface area contributed by atoms with Crippen molar-refractivity contribution in [2.45, 2.75) is 13.3 Å². The molecule has 2 aromatic rings. The average Bonchev–Trinajstić information content (AvgIpc) is 3.02. The van der Waals surface area contributed by atoms with Gasteiger partial charge in [0.15, 0.2) is 5.96 Å². The van der Waals surface area contributed by atoms with Gasteiger partial charge >= 0.3 is 0 Å². The molecule has 0 unspecified atom stereocenters. The summed E-state index contributed by atoms with van der Waals surface area (Å²) in [7, 11) is 0. The monoisotopic (exact) mass is 316 g/mol. The summed E-state index contributed by atoms with van der Waals surface area (Å²) in [6.45, 7) is 7.71. The maximum atomic E-state index is 12.9. The minimum absolute atomic E-state index is 0.280. The molecular weight excluding hydrogens is 295 g/mol. The Bertz CT molecular complexity index is 649. The standard InChI is InChI=1S/C17H21FN4O/c1-3-10-20-17(19-4-2)21-11-9-15-12-23-16(22-15)13-5-7-14(18)8-6-13/h3,5-8,12H,1,4,9-11H2,2H3,(H2,19,20,21). The Labute approximate surface area is 135 Å². The summed E-state index contributed by atoms with van der Waals surface area (Å²) < 4.78 is 18.4. The third kappa shape index (κ3) is 5.25. The van der Waals surface area contributed by atoms with Crippen LogP contribution in [0.3, 0.4) is 0 Å². The van der Waals surface area contributed by atoms with Gasteiger partial charge in [0.1, 0.15) is 12.1 Å². The first-order valence-corrected chi connectivity index (χ1v) is 7.56. The molecular formula is C17H21FN4O. The molecule has 0 amide bonds. The highest BCUT2D eigenvalue weighted by Crippen LogP contribution is 2.19. The van der Waals surface area contributed by atoms with Crippen molar-refractivity contribution >= 4 is 5.96 Å². The molecule has 2 N–H and O–H groups in total. The summed E-state index contributed by atoms with van der Waals surface area (Å²) in [6, 6.07) is 6.06. The molecule has 0 bridgehead atoms. The number of rotatable bonds is 7. The third-order valence-electron chi connectivity index (χ3n) is 3.04. The Kier molecular flexibility index (Phi) is 6.35. The summed E-state index contributed by atoms with van der Waals surface area (Å²) in [6.07, 6.45) is 4.05. The number of guanidine groups is 1. The molecule has 0 radical (unpaired) electrons. The van der Waals surface area contributed by atoms with Crippen molar-refractivity contribution in [1.82, 2.24) is 15.6 Å². The Morgan fingerprint density at radius 3 is 2.83 bits per heavy atom. The first-order valence-electron chi connectivity index (χ1n) is 7.56. The Morgan fingerprint density at radius 2 is 2.13 bits per heavy atom. The fraction of sp³-hybridized carbons (Fsp3) is 0.294. The second-order valence-electron chi connectivity index (χ2n) is 4.83. The highest BCUT2D eigenvalue weighted by atomic mass is 19.1. The van der Waals surface area contributed by atoms with Gasteiger partial charge in [-0.1, -0.05) is 6.08 Å². The normalized spacial score (nSPS) is 11.3. The van der Waals surface area contributed by atoms with Crippen LogP contribution in [0.4, 0.5) is 4.39 Å².